The zero-order valence-corrected chi connectivity index (χ0v) is 12.9. The molecule has 0 heterocycles. The average molecular weight is 302 g/mol. The maximum atomic E-state index is 12.2. The maximum Gasteiger partial charge on any atom is 0.244 e. The first-order chi connectivity index (χ1) is 9.42. The standard InChI is InChI=1S/C13H22N2O4S/c1-10-8-12(19-3)13(9-11(10)14)20(16,17)15-6-4-5-7-18-2/h8-9,15H,4-7,14H2,1-3H3. The molecule has 3 N–H and O–H groups in total. The summed E-state index contributed by atoms with van der Waals surface area (Å²) in [5, 5.41) is 0. The highest BCUT2D eigenvalue weighted by Gasteiger charge is 2.20. The van der Waals surface area contributed by atoms with Crippen LogP contribution in [0.2, 0.25) is 0 Å². The van der Waals surface area contributed by atoms with E-state index in [0.29, 0.717) is 31.0 Å². The largest absolute Gasteiger partial charge is 0.495 e. The Morgan fingerprint density at radius 3 is 2.55 bits per heavy atom. The molecule has 1 rings (SSSR count). The van der Waals surface area contributed by atoms with E-state index >= 15 is 0 Å². The van der Waals surface area contributed by atoms with E-state index in [-0.39, 0.29) is 4.90 Å². The minimum absolute atomic E-state index is 0.0647. The number of nitrogens with one attached hydrogen (secondary N) is 1. The topological polar surface area (TPSA) is 90.7 Å². The molecule has 0 bridgehead atoms. The van der Waals surface area contributed by atoms with Gasteiger partial charge in [0.1, 0.15) is 10.6 Å². The van der Waals surface area contributed by atoms with E-state index in [0.717, 1.165) is 12.0 Å². The van der Waals surface area contributed by atoms with Gasteiger partial charge < -0.3 is 15.2 Å². The second-order valence-corrected chi connectivity index (χ2v) is 6.19. The van der Waals surface area contributed by atoms with Gasteiger partial charge in [0.05, 0.1) is 7.11 Å². The summed E-state index contributed by atoms with van der Waals surface area (Å²) in [6.07, 6.45) is 1.50. The Morgan fingerprint density at radius 2 is 1.95 bits per heavy atom. The van der Waals surface area contributed by atoms with Crippen LogP contribution in [0.25, 0.3) is 0 Å². The molecule has 0 atom stereocenters. The van der Waals surface area contributed by atoms with Gasteiger partial charge in [-0.3, -0.25) is 0 Å². The third-order valence-electron chi connectivity index (χ3n) is 2.91. The maximum absolute atomic E-state index is 12.2. The van der Waals surface area contributed by atoms with E-state index in [4.69, 9.17) is 15.2 Å². The summed E-state index contributed by atoms with van der Waals surface area (Å²) in [7, 11) is -0.577. The summed E-state index contributed by atoms with van der Waals surface area (Å²) in [6.45, 7) is 2.76. The zero-order chi connectivity index (χ0) is 15.2. The van der Waals surface area contributed by atoms with Gasteiger partial charge in [-0.05, 0) is 37.5 Å². The van der Waals surface area contributed by atoms with Gasteiger partial charge in [-0.1, -0.05) is 0 Å². The van der Waals surface area contributed by atoms with E-state index in [1.807, 2.05) is 0 Å². The smallest absolute Gasteiger partial charge is 0.244 e. The van der Waals surface area contributed by atoms with E-state index in [1.54, 1.807) is 20.1 Å². The molecule has 7 heteroatoms. The van der Waals surface area contributed by atoms with Crippen LogP contribution in [-0.4, -0.2) is 35.8 Å². The van der Waals surface area contributed by atoms with Crippen molar-refractivity contribution < 1.29 is 17.9 Å². The molecule has 0 radical (unpaired) electrons. The van der Waals surface area contributed by atoms with Crippen molar-refractivity contribution in [1.29, 1.82) is 0 Å². The van der Waals surface area contributed by atoms with Gasteiger partial charge >= 0.3 is 0 Å². The van der Waals surface area contributed by atoms with Crippen LogP contribution in [0.3, 0.4) is 0 Å². The number of aryl methyl sites for hydroxylation is 1. The Morgan fingerprint density at radius 1 is 1.25 bits per heavy atom. The van der Waals surface area contributed by atoms with Crippen molar-refractivity contribution >= 4 is 15.7 Å². The van der Waals surface area contributed by atoms with Crippen molar-refractivity contribution in [1.82, 2.24) is 4.72 Å². The molecular weight excluding hydrogens is 280 g/mol. The highest BCUT2D eigenvalue weighted by atomic mass is 32.2. The average Bonchev–Trinajstić information content (AvgIpc) is 2.41. The van der Waals surface area contributed by atoms with Crippen molar-refractivity contribution in [2.45, 2.75) is 24.7 Å². The zero-order valence-electron chi connectivity index (χ0n) is 12.1. The minimum atomic E-state index is -3.63. The quantitative estimate of drug-likeness (QED) is 0.558. The lowest BCUT2D eigenvalue weighted by molar-refractivity contribution is 0.193. The van der Waals surface area contributed by atoms with Crippen molar-refractivity contribution in [3.05, 3.63) is 17.7 Å². The Balaban J connectivity index is 2.84. The number of benzene rings is 1. The van der Waals surface area contributed by atoms with E-state index in [9.17, 15) is 8.42 Å². The molecule has 0 spiro atoms. The summed E-state index contributed by atoms with van der Waals surface area (Å²) >= 11 is 0. The summed E-state index contributed by atoms with van der Waals surface area (Å²) in [4.78, 5) is 0.0647. The van der Waals surface area contributed by atoms with Crippen LogP contribution in [0.4, 0.5) is 5.69 Å². The number of unbranched alkanes of at least 4 members (excludes halogenated alkanes) is 1. The number of rotatable bonds is 8. The van der Waals surface area contributed by atoms with Gasteiger partial charge in [-0.15, -0.1) is 0 Å². The van der Waals surface area contributed by atoms with Crippen LogP contribution >= 0.6 is 0 Å². The van der Waals surface area contributed by atoms with Gasteiger partial charge in [0, 0.05) is 25.9 Å². The summed E-state index contributed by atoms with van der Waals surface area (Å²) < 4.78 is 37.0. The number of methoxy groups -OCH3 is 2. The molecule has 20 heavy (non-hydrogen) atoms. The van der Waals surface area contributed by atoms with E-state index < -0.39 is 10.0 Å². The Bertz CT molecular complexity index is 544. The molecule has 1 aromatic rings. The molecule has 0 aliphatic heterocycles. The predicted octanol–water partition coefficient (Wildman–Crippen LogP) is 1.29. The Hall–Kier alpha value is -1.31. The van der Waals surface area contributed by atoms with Gasteiger partial charge in [0.2, 0.25) is 10.0 Å². The molecule has 0 unspecified atom stereocenters. The Labute approximate surface area is 120 Å². The first-order valence-corrected chi connectivity index (χ1v) is 7.83. The number of ether oxygens (including phenoxy) is 2. The molecule has 114 valence electrons. The van der Waals surface area contributed by atoms with Crippen LogP contribution in [0.15, 0.2) is 17.0 Å². The summed E-state index contributed by atoms with van der Waals surface area (Å²) in [6, 6.07) is 3.04. The van der Waals surface area contributed by atoms with Gasteiger partial charge in [0.25, 0.3) is 0 Å². The van der Waals surface area contributed by atoms with Crippen LogP contribution < -0.4 is 15.2 Å². The number of hydrogen-bond acceptors (Lipinski definition) is 5. The summed E-state index contributed by atoms with van der Waals surface area (Å²) in [5.74, 6) is 0.293. The Kier molecular flexibility index (Phi) is 6.25. The number of anilines is 1. The van der Waals surface area contributed by atoms with Crippen molar-refractivity contribution in [2.75, 3.05) is 33.1 Å². The van der Waals surface area contributed by atoms with E-state index in [1.165, 1.54) is 13.2 Å². The molecule has 1 aromatic carbocycles. The minimum Gasteiger partial charge on any atom is -0.495 e. The molecular formula is C13H22N2O4S. The monoisotopic (exact) mass is 302 g/mol. The van der Waals surface area contributed by atoms with Gasteiger partial charge in [-0.2, -0.15) is 0 Å². The number of hydrogen-bond donors (Lipinski definition) is 2. The van der Waals surface area contributed by atoms with Crippen LogP contribution in [-0.2, 0) is 14.8 Å². The van der Waals surface area contributed by atoms with Gasteiger partial charge in [0.15, 0.2) is 0 Å². The number of nitrogens with two attached hydrogens (primary N) is 1. The molecule has 0 aliphatic carbocycles. The summed E-state index contributed by atoms with van der Waals surface area (Å²) in [5.41, 5.74) is 6.97. The van der Waals surface area contributed by atoms with Crippen LogP contribution in [0.5, 0.6) is 5.75 Å². The molecule has 0 aromatic heterocycles. The van der Waals surface area contributed by atoms with Crippen molar-refractivity contribution in [3.8, 4) is 5.75 Å². The van der Waals surface area contributed by atoms with Crippen LogP contribution in [0, 0.1) is 6.92 Å². The van der Waals surface area contributed by atoms with Crippen molar-refractivity contribution in [2.24, 2.45) is 0 Å². The molecule has 0 amide bonds. The van der Waals surface area contributed by atoms with E-state index in [2.05, 4.69) is 4.72 Å². The second-order valence-electron chi connectivity index (χ2n) is 4.46. The molecule has 0 saturated carbocycles. The fourth-order valence-corrected chi connectivity index (χ4v) is 2.96. The first-order valence-electron chi connectivity index (χ1n) is 6.35. The third kappa shape index (κ3) is 4.36. The lowest BCUT2D eigenvalue weighted by Crippen LogP contribution is -2.25. The molecule has 6 nitrogen and oxygen atoms in total. The predicted molar refractivity (Wildman–Crippen MR) is 78.4 cm³/mol. The number of sulfonamides is 1. The lowest BCUT2D eigenvalue weighted by atomic mass is 10.2. The first kappa shape index (κ1) is 16.7. The molecule has 0 fully saturated rings. The number of nitrogen functional groups attached to an aromatic ring is 1. The normalized spacial score (nSPS) is 11.6. The second kappa shape index (κ2) is 7.47. The fraction of sp³-hybridized carbons (Fsp3) is 0.538. The third-order valence-corrected chi connectivity index (χ3v) is 4.39. The SMILES string of the molecule is COCCCCNS(=O)(=O)c1cc(N)c(C)cc1OC. The highest BCUT2D eigenvalue weighted by molar-refractivity contribution is 7.89. The lowest BCUT2D eigenvalue weighted by Gasteiger charge is -2.13. The fourth-order valence-electron chi connectivity index (χ4n) is 1.70. The molecule has 0 aliphatic rings. The van der Waals surface area contributed by atoms with Crippen molar-refractivity contribution in [3.63, 3.8) is 0 Å². The van der Waals surface area contributed by atoms with Crippen LogP contribution in [0.1, 0.15) is 18.4 Å². The molecule has 0 saturated heterocycles. The highest BCUT2D eigenvalue weighted by Crippen LogP contribution is 2.28. The van der Waals surface area contributed by atoms with Gasteiger partial charge in [-0.25, -0.2) is 13.1 Å².